The van der Waals surface area contributed by atoms with Crippen LogP contribution < -0.4 is 19.1 Å². The first-order valence-electron chi connectivity index (χ1n) is 8.70. The van der Waals surface area contributed by atoms with Crippen molar-refractivity contribution in [1.29, 1.82) is 0 Å². The number of fused-ring (bicyclic) bond motifs is 1. The van der Waals surface area contributed by atoms with Crippen molar-refractivity contribution < 1.29 is 22.7 Å². The molecule has 2 aromatic carbocycles. The standard InChI is InChI=1S/C19H22N2O5S/c1-2-27(23,24)21(14-19(22)20-13-15-6-4-3-5-7-15)16-8-9-17-18(12-16)26-11-10-25-17/h3-9,12H,2,10-11,13-14H2,1H3,(H,20,22). The monoisotopic (exact) mass is 390 g/mol. The highest BCUT2D eigenvalue weighted by Crippen LogP contribution is 2.34. The first kappa shape index (κ1) is 19.0. The third-order valence-electron chi connectivity index (χ3n) is 4.13. The fraction of sp³-hybridized carbons (Fsp3) is 0.316. The van der Waals surface area contributed by atoms with Crippen molar-refractivity contribution in [3.8, 4) is 11.5 Å². The smallest absolute Gasteiger partial charge is 0.241 e. The maximum absolute atomic E-state index is 12.6. The van der Waals surface area contributed by atoms with Crippen LogP contribution in [0.5, 0.6) is 11.5 Å². The number of nitrogens with zero attached hydrogens (tertiary/aromatic N) is 1. The summed E-state index contributed by atoms with van der Waals surface area (Å²) in [4.78, 5) is 12.4. The molecule has 0 radical (unpaired) electrons. The second kappa shape index (κ2) is 8.30. The van der Waals surface area contributed by atoms with E-state index < -0.39 is 10.0 Å². The molecule has 8 heteroatoms. The molecule has 0 saturated heterocycles. The molecule has 3 rings (SSSR count). The minimum absolute atomic E-state index is 0.118. The van der Waals surface area contributed by atoms with Crippen molar-refractivity contribution in [3.05, 3.63) is 54.1 Å². The van der Waals surface area contributed by atoms with Gasteiger partial charge in [-0.05, 0) is 24.6 Å². The van der Waals surface area contributed by atoms with E-state index in [2.05, 4.69) is 5.32 Å². The van der Waals surface area contributed by atoms with Crippen LogP contribution in [-0.2, 0) is 21.4 Å². The van der Waals surface area contributed by atoms with Crippen molar-refractivity contribution in [3.63, 3.8) is 0 Å². The quantitative estimate of drug-likeness (QED) is 0.781. The zero-order valence-corrected chi connectivity index (χ0v) is 15.9. The van der Waals surface area contributed by atoms with E-state index in [0.29, 0.717) is 36.9 Å². The summed E-state index contributed by atoms with van der Waals surface area (Å²) in [5.41, 5.74) is 1.31. The number of ether oxygens (including phenoxy) is 2. The van der Waals surface area contributed by atoms with Gasteiger partial charge in [0.1, 0.15) is 19.8 Å². The van der Waals surface area contributed by atoms with E-state index in [1.807, 2.05) is 30.3 Å². The molecule has 0 spiro atoms. The van der Waals surface area contributed by atoms with Gasteiger partial charge in [0, 0.05) is 12.6 Å². The van der Waals surface area contributed by atoms with E-state index >= 15 is 0 Å². The predicted octanol–water partition coefficient (Wildman–Crippen LogP) is 1.93. The Morgan fingerprint density at radius 2 is 1.78 bits per heavy atom. The molecule has 1 aliphatic rings. The highest BCUT2D eigenvalue weighted by Gasteiger charge is 2.25. The van der Waals surface area contributed by atoms with Crippen LogP contribution in [0.1, 0.15) is 12.5 Å². The maximum Gasteiger partial charge on any atom is 0.241 e. The second-order valence-electron chi connectivity index (χ2n) is 6.00. The van der Waals surface area contributed by atoms with Crippen molar-refractivity contribution in [2.24, 2.45) is 0 Å². The molecule has 0 aromatic heterocycles. The number of sulfonamides is 1. The topological polar surface area (TPSA) is 84.9 Å². The number of rotatable bonds is 7. The van der Waals surface area contributed by atoms with Gasteiger partial charge in [0.15, 0.2) is 11.5 Å². The first-order chi connectivity index (χ1) is 13.0. The molecule has 1 amide bonds. The van der Waals surface area contributed by atoms with Gasteiger partial charge in [-0.25, -0.2) is 8.42 Å². The third-order valence-corrected chi connectivity index (χ3v) is 5.88. The van der Waals surface area contributed by atoms with E-state index in [1.54, 1.807) is 25.1 Å². The summed E-state index contributed by atoms with van der Waals surface area (Å²) in [5.74, 6) is 0.533. The molecule has 0 aliphatic carbocycles. The van der Waals surface area contributed by atoms with Gasteiger partial charge < -0.3 is 14.8 Å². The lowest BCUT2D eigenvalue weighted by Crippen LogP contribution is -2.41. The summed E-state index contributed by atoms with van der Waals surface area (Å²) in [6, 6.07) is 14.3. The van der Waals surface area contributed by atoms with Gasteiger partial charge in [-0.1, -0.05) is 30.3 Å². The van der Waals surface area contributed by atoms with Crippen LogP contribution in [0.15, 0.2) is 48.5 Å². The molecule has 7 nitrogen and oxygen atoms in total. The van der Waals surface area contributed by atoms with Crippen LogP contribution in [0.3, 0.4) is 0 Å². The minimum atomic E-state index is -3.64. The lowest BCUT2D eigenvalue weighted by atomic mass is 10.2. The van der Waals surface area contributed by atoms with Gasteiger partial charge >= 0.3 is 0 Å². The first-order valence-corrected chi connectivity index (χ1v) is 10.3. The summed E-state index contributed by atoms with van der Waals surface area (Å²) in [7, 11) is -3.64. The van der Waals surface area contributed by atoms with Gasteiger partial charge in [0.05, 0.1) is 11.4 Å². The molecular weight excluding hydrogens is 368 g/mol. The van der Waals surface area contributed by atoms with Gasteiger partial charge in [-0.3, -0.25) is 9.10 Å². The zero-order chi connectivity index (χ0) is 19.3. The fourth-order valence-corrected chi connectivity index (χ4v) is 3.74. The number of amides is 1. The molecule has 0 atom stereocenters. The third kappa shape index (κ3) is 4.71. The summed E-state index contributed by atoms with van der Waals surface area (Å²) in [6.45, 7) is 2.42. The van der Waals surface area contributed by atoms with Crippen LogP contribution in [0.2, 0.25) is 0 Å². The number of carbonyl (C=O) groups excluding carboxylic acids is 1. The average molecular weight is 390 g/mol. The summed E-state index contributed by atoms with van der Waals surface area (Å²) >= 11 is 0. The van der Waals surface area contributed by atoms with Gasteiger partial charge in [0.2, 0.25) is 15.9 Å². The van der Waals surface area contributed by atoms with Crippen LogP contribution in [0, 0.1) is 0 Å². The number of hydrogen-bond acceptors (Lipinski definition) is 5. The molecule has 2 aromatic rings. The fourth-order valence-electron chi connectivity index (χ4n) is 2.68. The van der Waals surface area contributed by atoms with Crippen LogP contribution in [-0.4, -0.2) is 39.8 Å². The Morgan fingerprint density at radius 1 is 1.07 bits per heavy atom. The Hall–Kier alpha value is -2.74. The molecule has 0 bridgehead atoms. The van der Waals surface area contributed by atoms with Crippen molar-refractivity contribution in [2.75, 3.05) is 29.8 Å². The average Bonchev–Trinajstić information content (AvgIpc) is 2.70. The van der Waals surface area contributed by atoms with Crippen molar-refractivity contribution in [2.45, 2.75) is 13.5 Å². The molecule has 0 fully saturated rings. The van der Waals surface area contributed by atoms with E-state index in [-0.39, 0.29) is 18.2 Å². The van der Waals surface area contributed by atoms with Gasteiger partial charge in [-0.15, -0.1) is 0 Å². The molecule has 1 N–H and O–H groups in total. The molecule has 144 valence electrons. The van der Waals surface area contributed by atoms with Crippen molar-refractivity contribution >= 4 is 21.6 Å². The normalized spacial score (nSPS) is 13.1. The molecular formula is C19H22N2O5S. The summed E-state index contributed by atoms with van der Waals surface area (Å²) in [6.07, 6.45) is 0. The summed E-state index contributed by atoms with van der Waals surface area (Å²) in [5, 5.41) is 2.76. The molecule has 0 unspecified atom stereocenters. The Balaban J connectivity index is 1.77. The van der Waals surface area contributed by atoms with Gasteiger partial charge in [0.25, 0.3) is 0 Å². The van der Waals surface area contributed by atoms with Crippen LogP contribution in [0.4, 0.5) is 5.69 Å². The SMILES string of the molecule is CCS(=O)(=O)N(CC(=O)NCc1ccccc1)c1ccc2c(c1)OCCO2. The summed E-state index contributed by atoms with van der Waals surface area (Å²) < 4.78 is 37.2. The lowest BCUT2D eigenvalue weighted by Gasteiger charge is -2.25. The Bertz CT molecular complexity index is 900. The van der Waals surface area contributed by atoms with Crippen LogP contribution >= 0.6 is 0 Å². The lowest BCUT2D eigenvalue weighted by molar-refractivity contribution is -0.119. The van der Waals surface area contributed by atoms with E-state index in [9.17, 15) is 13.2 Å². The number of benzene rings is 2. The van der Waals surface area contributed by atoms with E-state index in [1.165, 1.54) is 0 Å². The molecule has 1 heterocycles. The second-order valence-corrected chi connectivity index (χ2v) is 8.18. The Kier molecular flexibility index (Phi) is 5.85. The largest absolute Gasteiger partial charge is 0.486 e. The Labute approximate surface area is 158 Å². The molecule has 27 heavy (non-hydrogen) atoms. The van der Waals surface area contributed by atoms with Crippen LogP contribution in [0.25, 0.3) is 0 Å². The van der Waals surface area contributed by atoms with E-state index in [4.69, 9.17) is 9.47 Å². The molecule has 0 saturated carbocycles. The van der Waals surface area contributed by atoms with E-state index in [0.717, 1.165) is 9.87 Å². The number of carbonyl (C=O) groups is 1. The predicted molar refractivity (Wildman–Crippen MR) is 103 cm³/mol. The number of anilines is 1. The molecule has 1 aliphatic heterocycles. The number of nitrogens with one attached hydrogen (secondary N) is 1. The minimum Gasteiger partial charge on any atom is -0.486 e. The maximum atomic E-state index is 12.6. The highest BCUT2D eigenvalue weighted by atomic mass is 32.2. The Morgan fingerprint density at radius 3 is 2.48 bits per heavy atom. The van der Waals surface area contributed by atoms with Gasteiger partial charge in [-0.2, -0.15) is 0 Å². The van der Waals surface area contributed by atoms with Crippen molar-refractivity contribution in [1.82, 2.24) is 5.32 Å². The zero-order valence-electron chi connectivity index (χ0n) is 15.1. The highest BCUT2D eigenvalue weighted by molar-refractivity contribution is 7.92. The number of hydrogen-bond donors (Lipinski definition) is 1.